The number of nitrogens with zero attached hydrogens (tertiary/aromatic N) is 1. The van der Waals surface area contributed by atoms with E-state index in [9.17, 15) is 4.79 Å². The molecule has 0 saturated heterocycles. The van der Waals surface area contributed by atoms with Crippen LogP contribution in [0.2, 0.25) is 0 Å². The smallest absolute Gasteiger partial charge is 0.270 e. The molecule has 2 fully saturated rings. The molecule has 3 N–H and O–H groups in total. The first kappa shape index (κ1) is 12.6. The highest BCUT2D eigenvalue weighted by Gasteiger charge is 2.49. The van der Waals surface area contributed by atoms with Crippen molar-refractivity contribution in [1.82, 2.24) is 10.3 Å². The third kappa shape index (κ3) is 2.37. The van der Waals surface area contributed by atoms with Crippen molar-refractivity contribution in [3.05, 3.63) is 29.6 Å². The summed E-state index contributed by atoms with van der Waals surface area (Å²) in [6.07, 6.45) is 6.18. The van der Waals surface area contributed by atoms with E-state index < -0.39 is 0 Å². The Morgan fingerprint density at radius 3 is 2.95 bits per heavy atom. The van der Waals surface area contributed by atoms with Crippen LogP contribution in [0.5, 0.6) is 0 Å². The van der Waals surface area contributed by atoms with Crippen LogP contribution in [-0.2, 0) is 0 Å². The fourth-order valence-corrected chi connectivity index (χ4v) is 3.69. The average Bonchev–Trinajstić information content (AvgIpc) is 2.59. The van der Waals surface area contributed by atoms with Crippen LogP contribution >= 0.6 is 0 Å². The van der Waals surface area contributed by atoms with Crippen molar-refractivity contribution in [3.63, 3.8) is 0 Å². The normalized spacial score (nSPS) is 33.2. The summed E-state index contributed by atoms with van der Waals surface area (Å²) in [7, 11) is 0. The van der Waals surface area contributed by atoms with E-state index in [4.69, 9.17) is 5.73 Å². The molecule has 4 heteroatoms. The van der Waals surface area contributed by atoms with Gasteiger partial charge in [-0.05, 0) is 57.6 Å². The molecule has 0 unspecified atom stereocenters. The lowest BCUT2D eigenvalue weighted by Gasteiger charge is -2.38. The highest BCUT2D eigenvalue weighted by molar-refractivity contribution is 5.92. The van der Waals surface area contributed by atoms with Gasteiger partial charge in [0.2, 0.25) is 0 Å². The zero-order chi connectivity index (χ0) is 13.5. The maximum Gasteiger partial charge on any atom is 0.270 e. The quantitative estimate of drug-likeness (QED) is 0.852. The van der Waals surface area contributed by atoms with Gasteiger partial charge in [0, 0.05) is 16.8 Å². The van der Waals surface area contributed by atoms with Crippen LogP contribution in [-0.4, -0.2) is 22.0 Å². The molecule has 2 aliphatic rings. The van der Waals surface area contributed by atoms with E-state index in [-0.39, 0.29) is 17.0 Å². The Morgan fingerprint density at radius 1 is 1.32 bits per heavy atom. The molecule has 102 valence electrons. The minimum atomic E-state index is -0.0878. The number of amides is 1. The summed E-state index contributed by atoms with van der Waals surface area (Å²) in [5.41, 5.74) is 7.60. The number of aromatic nitrogens is 1. The maximum atomic E-state index is 12.3. The number of fused-ring (bicyclic) bond motifs is 2. The van der Waals surface area contributed by atoms with Crippen LogP contribution in [0.15, 0.2) is 18.2 Å². The largest absolute Gasteiger partial charge is 0.345 e. The summed E-state index contributed by atoms with van der Waals surface area (Å²) < 4.78 is 0. The number of carbonyl (C=O) groups is 1. The Bertz CT molecular complexity index is 516. The molecular weight excluding hydrogens is 238 g/mol. The Hall–Kier alpha value is -1.42. The lowest BCUT2D eigenvalue weighted by atomic mass is 9.79. The summed E-state index contributed by atoms with van der Waals surface area (Å²) in [5, 5.41) is 3.21. The van der Waals surface area contributed by atoms with Crippen LogP contribution in [0.1, 0.15) is 54.7 Å². The number of hydrogen-bond donors (Lipinski definition) is 2. The van der Waals surface area contributed by atoms with E-state index in [2.05, 4.69) is 10.3 Å². The van der Waals surface area contributed by atoms with Crippen molar-refractivity contribution in [3.8, 4) is 0 Å². The van der Waals surface area contributed by atoms with Crippen molar-refractivity contribution in [2.24, 2.45) is 5.73 Å². The summed E-state index contributed by atoms with van der Waals surface area (Å²) in [4.78, 5) is 16.6. The number of nitrogens with two attached hydrogens (primary N) is 1. The standard InChI is InChI=1S/C15H21N3O/c1-11-4-2-5-12(17-11)13(19)18-15-7-3-6-14(16,10-15)8-9-15/h2,4-5H,3,6-10,16H2,1H3,(H,18,19)/t14-,15+/m1/s1. The number of nitrogens with one attached hydrogen (secondary N) is 1. The Labute approximate surface area is 113 Å². The molecule has 2 atom stereocenters. The van der Waals surface area contributed by atoms with Crippen LogP contribution in [0.3, 0.4) is 0 Å². The van der Waals surface area contributed by atoms with Gasteiger partial charge in [0.25, 0.3) is 5.91 Å². The third-order valence-electron chi connectivity index (χ3n) is 4.62. The second-order valence-corrected chi connectivity index (χ2v) is 6.29. The second kappa shape index (κ2) is 4.30. The van der Waals surface area contributed by atoms with Gasteiger partial charge in [-0.1, -0.05) is 6.07 Å². The van der Waals surface area contributed by atoms with Gasteiger partial charge in [0.1, 0.15) is 5.69 Å². The molecule has 1 aromatic rings. The monoisotopic (exact) mass is 259 g/mol. The van der Waals surface area contributed by atoms with Gasteiger partial charge >= 0.3 is 0 Å². The maximum absolute atomic E-state index is 12.3. The fourth-order valence-electron chi connectivity index (χ4n) is 3.69. The minimum absolute atomic E-state index is 0.0500. The number of carbonyl (C=O) groups excluding carboxylic acids is 1. The zero-order valence-corrected chi connectivity index (χ0v) is 11.4. The average molecular weight is 259 g/mol. The third-order valence-corrected chi connectivity index (χ3v) is 4.62. The van der Waals surface area contributed by atoms with Gasteiger partial charge in [-0.25, -0.2) is 4.98 Å². The van der Waals surface area contributed by atoms with E-state index in [1.807, 2.05) is 19.1 Å². The van der Waals surface area contributed by atoms with Gasteiger partial charge in [-0.2, -0.15) is 0 Å². The molecule has 4 nitrogen and oxygen atoms in total. The highest BCUT2D eigenvalue weighted by atomic mass is 16.2. The number of hydrogen-bond acceptors (Lipinski definition) is 3. The van der Waals surface area contributed by atoms with Crippen molar-refractivity contribution in [2.45, 2.75) is 56.5 Å². The fraction of sp³-hybridized carbons (Fsp3) is 0.600. The van der Waals surface area contributed by atoms with Gasteiger partial charge < -0.3 is 11.1 Å². The first-order valence-corrected chi connectivity index (χ1v) is 7.06. The molecule has 2 saturated carbocycles. The van der Waals surface area contributed by atoms with E-state index >= 15 is 0 Å². The summed E-state index contributed by atoms with van der Waals surface area (Å²) in [6, 6.07) is 5.54. The topological polar surface area (TPSA) is 68.0 Å². The molecule has 1 amide bonds. The van der Waals surface area contributed by atoms with E-state index in [0.717, 1.165) is 44.2 Å². The predicted molar refractivity (Wildman–Crippen MR) is 73.8 cm³/mol. The van der Waals surface area contributed by atoms with E-state index in [0.29, 0.717) is 5.69 Å². The van der Waals surface area contributed by atoms with Gasteiger partial charge in [0.15, 0.2) is 0 Å². The number of rotatable bonds is 2. The Balaban J connectivity index is 1.77. The van der Waals surface area contributed by atoms with Crippen LogP contribution in [0.25, 0.3) is 0 Å². The minimum Gasteiger partial charge on any atom is -0.345 e. The number of pyridine rings is 1. The lowest BCUT2D eigenvalue weighted by Crippen LogP contribution is -2.52. The van der Waals surface area contributed by atoms with Crippen molar-refractivity contribution in [2.75, 3.05) is 0 Å². The molecule has 0 aliphatic heterocycles. The molecule has 19 heavy (non-hydrogen) atoms. The first-order valence-electron chi connectivity index (χ1n) is 7.06. The molecule has 2 aliphatic carbocycles. The molecule has 0 spiro atoms. The van der Waals surface area contributed by atoms with Gasteiger partial charge in [0.05, 0.1) is 0 Å². The molecular formula is C15H21N3O. The summed E-state index contributed by atoms with van der Waals surface area (Å²) in [5.74, 6) is -0.0603. The summed E-state index contributed by atoms with van der Waals surface area (Å²) in [6.45, 7) is 1.90. The first-order chi connectivity index (χ1) is 9.00. The number of aryl methyl sites for hydroxylation is 1. The highest BCUT2D eigenvalue weighted by Crippen LogP contribution is 2.46. The predicted octanol–water partition coefficient (Wildman–Crippen LogP) is 1.92. The Morgan fingerprint density at radius 2 is 2.16 bits per heavy atom. The van der Waals surface area contributed by atoms with Crippen LogP contribution < -0.4 is 11.1 Å². The molecule has 0 radical (unpaired) electrons. The Kier molecular flexibility index (Phi) is 2.86. The van der Waals surface area contributed by atoms with E-state index in [1.54, 1.807) is 6.07 Å². The molecule has 1 heterocycles. The van der Waals surface area contributed by atoms with Crippen molar-refractivity contribution >= 4 is 5.91 Å². The SMILES string of the molecule is Cc1cccc(C(=O)N[C@@]23CCC[C@@](N)(CC2)C3)n1. The second-order valence-electron chi connectivity index (χ2n) is 6.29. The summed E-state index contributed by atoms with van der Waals surface area (Å²) >= 11 is 0. The molecule has 3 rings (SSSR count). The van der Waals surface area contributed by atoms with Crippen LogP contribution in [0.4, 0.5) is 0 Å². The molecule has 2 bridgehead atoms. The molecule has 0 aromatic carbocycles. The van der Waals surface area contributed by atoms with Crippen molar-refractivity contribution in [1.29, 1.82) is 0 Å². The zero-order valence-electron chi connectivity index (χ0n) is 11.4. The van der Waals surface area contributed by atoms with Gasteiger partial charge in [-0.15, -0.1) is 0 Å². The lowest BCUT2D eigenvalue weighted by molar-refractivity contribution is 0.0871. The molecule has 1 aromatic heterocycles. The van der Waals surface area contributed by atoms with E-state index in [1.165, 1.54) is 0 Å². The van der Waals surface area contributed by atoms with Gasteiger partial charge in [-0.3, -0.25) is 4.79 Å². The van der Waals surface area contributed by atoms with Crippen LogP contribution in [0, 0.1) is 6.92 Å². The van der Waals surface area contributed by atoms with Crippen molar-refractivity contribution < 1.29 is 4.79 Å².